The Kier molecular flexibility index (Phi) is 6.83. The first-order valence-electron chi connectivity index (χ1n) is 12.6. The lowest BCUT2D eigenvalue weighted by molar-refractivity contribution is 0.231. The number of methoxy groups -OCH3 is 1. The van der Waals surface area contributed by atoms with Crippen molar-refractivity contribution in [2.45, 2.75) is 33.2 Å². The zero-order valence-corrected chi connectivity index (χ0v) is 21.6. The van der Waals surface area contributed by atoms with E-state index in [-0.39, 0.29) is 23.0 Å². The van der Waals surface area contributed by atoms with Gasteiger partial charge in [0.2, 0.25) is 0 Å². The van der Waals surface area contributed by atoms with Crippen LogP contribution in [0.4, 0.5) is 4.39 Å². The molecule has 0 aliphatic carbocycles. The molecule has 4 aromatic rings. The molecule has 3 aromatic carbocycles. The Morgan fingerprint density at radius 1 is 1.08 bits per heavy atom. The van der Waals surface area contributed by atoms with Gasteiger partial charge in [-0.1, -0.05) is 55.8 Å². The van der Waals surface area contributed by atoms with Gasteiger partial charge in [0.05, 0.1) is 25.1 Å². The highest BCUT2D eigenvalue weighted by atomic mass is 19.1. The summed E-state index contributed by atoms with van der Waals surface area (Å²) in [5.74, 6) is 1.81. The van der Waals surface area contributed by atoms with Crippen LogP contribution in [0.1, 0.15) is 47.9 Å². The van der Waals surface area contributed by atoms with E-state index < -0.39 is 5.82 Å². The summed E-state index contributed by atoms with van der Waals surface area (Å²) in [6, 6.07) is 19.8. The molecule has 0 N–H and O–H groups in total. The molecule has 0 saturated heterocycles. The van der Waals surface area contributed by atoms with Crippen LogP contribution < -0.4 is 10.2 Å². The molecule has 1 atom stereocenters. The van der Waals surface area contributed by atoms with E-state index in [4.69, 9.17) is 14.1 Å². The second kappa shape index (κ2) is 10.2. The summed E-state index contributed by atoms with van der Waals surface area (Å²) in [5, 5.41) is 0.374. The number of aryl methyl sites for hydroxylation is 1. The highest BCUT2D eigenvalue weighted by molar-refractivity contribution is 6.00. The predicted molar refractivity (Wildman–Crippen MR) is 145 cm³/mol. The van der Waals surface area contributed by atoms with Crippen molar-refractivity contribution in [1.29, 1.82) is 0 Å². The Morgan fingerprint density at radius 3 is 2.59 bits per heavy atom. The maximum atomic E-state index is 14.2. The molecule has 1 aliphatic rings. The van der Waals surface area contributed by atoms with Crippen LogP contribution in [0, 0.1) is 18.7 Å². The van der Waals surface area contributed by atoms with Crippen LogP contribution in [0.25, 0.3) is 11.0 Å². The minimum absolute atomic E-state index is 0.0898. The summed E-state index contributed by atoms with van der Waals surface area (Å²) in [5.41, 5.74) is 3.83. The van der Waals surface area contributed by atoms with Crippen molar-refractivity contribution in [2.24, 2.45) is 10.9 Å². The Hall–Kier alpha value is -3.93. The molecular formula is C31H31FN2O3. The maximum absolute atomic E-state index is 14.2. The molecule has 0 saturated carbocycles. The second-order valence-electron chi connectivity index (χ2n) is 9.90. The van der Waals surface area contributed by atoms with Gasteiger partial charge in [-0.15, -0.1) is 0 Å². The number of hydrogen-bond acceptors (Lipinski definition) is 5. The molecule has 5 rings (SSSR count). The SMILES string of the molecule is COc1cccc(Cc2c(C(C(C)C)N3CCN=C3c3ccc(C)cc3)oc3cc(F)ccc3c2=O)c1. The standard InChI is InChI=1S/C31H31FN2O3/c1-19(2)28(34-15-14-33-31(34)22-10-8-20(3)9-11-22)30-26(17-21-6-5-7-24(16-21)36-4)29(35)25-13-12-23(32)18-27(25)37-30/h5-13,16,18-19,28H,14-15,17H2,1-4H3. The Morgan fingerprint density at radius 2 is 1.86 bits per heavy atom. The number of fused-ring (bicyclic) bond motifs is 1. The van der Waals surface area contributed by atoms with Gasteiger partial charge in [0.25, 0.3) is 0 Å². The molecule has 5 nitrogen and oxygen atoms in total. The predicted octanol–water partition coefficient (Wildman–Crippen LogP) is 6.30. The number of halogens is 1. The molecule has 37 heavy (non-hydrogen) atoms. The molecule has 0 fully saturated rings. The highest BCUT2D eigenvalue weighted by Gasteiger charge is 2.34. The molecule has 0 spiro atoms. The molecule has 1 aliphatic heterocycles. The third-order valence-electron chi connectivity index (χ3n) is 6.91. The number of nitrogens with zero attached hydrogens (tertiary/aromatic N) is 2. The second-order valence-corrected chi connectivity index (χ2v) is 9.90. The molecule has 0 bridgehead atoms. The largest absolute Gasteiger partial charge is 0.497 e. The quantitative estimate of drug-likeness (QED) is 0.300. The number of amidine groups is 1. The first kappa shape index (κ1) is 24.8. The number of rotatable bonds is 7. The normalized spacial score (nSPS) is 14.3. The number of benzene rings is 3. The van der Waals surface area contributed by atoms with Crippen LogP contribution in [0.3, 0.4) is 0 Å². The van der Waals surface area contributed by atoms with E-state index in [2.05, 4.69) is 49.9 Å². The molecular weight excluding hydrogens is 467 g/mol. The van der Waals surface area contributed by atoms with Crippen LogP contribution >= 0.6 is 0 Å². The lowest BCUT2D eigenvalue weighted by Crippen LogP contribution is -2.37. The monoisotopic (exact) mass is 498 g/mol. The molecule has 0 radical (unpaired) electrons. The third kappa shape index (κ3) is 4.88. The van der Waals surface area contributed by atoms with E-state index in [9.17, 15) is 9.18 Å². The van der Waals surface area contributed by atoms with Gasteiger partial charge in [0.1, 0.15) is 28.7 Å². The lowest BCUT2D eigenvalue weighted by atomic mass is 9.92. The first-order valence-corrected chi connectivity index (χ1v) is 12.6. The van der Waals surface area contributed by atoms with E-state index in [1.54, 1.807) is 7.11 Å². The van der Waals surface area contributed by atoms with Crippen molar-refractivity contribution < 1.29 is 13.5 Å². The molecule has 0 amide bonds. The zero-order valence-electron chi connectivity index (χ0n) is 21.6. The van der Waals surface area contributed by atoms with E-state index in [0.717, 1.165) is 22.7 Å². The van der Waals surface area contributed by atoms with Gasteiger partial charge in [-0.2, -0.15) is 0 Å². The zero-order chi connectivity index (χ0) is 26.1. The average molecular weight is 499 g/mol. The van der Waals surface area contributed by atoms with E-state index in [1.807, 2.05) is 24.3 Å². The number of ether oxygens (including phenoxy) is 1. The Balaban J connectivity index is 1.68. The van der Waals surface area contributed by atoms with Crippen molar-refractivity contribution in [1.82, 2.24) is 4.90 Å². The van der Waals surface area contributed by atoms with Crippen molar-refractivity contribution in [3.63, 3.8) is 0 Å². The summed E-state index contributed by atoms with van der Waals surface area (Å²) >= 11 is 0. The summed E-state index contributed by atoms with van der Waals surface area (Å²) < 4.78 is 26.1. The fraction of sp³-hybridized carbons (Fsp3) is 0.290. The minimum Gasteiger partial charge on any atom is -0.497 e. The maximum Gasteiger partial charge on any atom is 0.196 e. The van der Waals surface area contributed by atoms with E-state index in [0.29, 0.717) is 36.2 Å². The molecule has 1 unspecified atom stereocenters. The van der Waals surface area contributed by atoms with Crippen LogP contribution in [-0.4, -0.2) is 30.9 Å². The summed E-state index contributed by atoms with van der Waals surface area (Å²) in [4.78, 5) is 20.9. The Bertz CT molecular complexity index is 1520. The smallest absolute Gasteiger partial charge is 0.196 e. The van der Waals surface area contributed by atoms with Crippen LogP contribution in [0.5, 0.6) is 5.75 Å². The average Bonchev–Trinajstić information content (AvgIpc) is 3.36. The van der Waals surface area contributed by atoms with Crippen molar-refractivity contribution >= 4 is 16.8 Å². The van der Waals surface area contributed by atoms with Crippen LogP contribution in [-0.2, 0) is 6.42 Å². The highest BCUT2D eigenvalue weighted by Crippen LogP contribution is 2.36. The number of hydrogen-bond donors (Lipinski definition) is 0. The van der Waals surface area contributed by atoms with Crippen molar-refractivity contribution in [2.75, 3.05) is 20.2 Å². The molecule has 6 heteroatoms. The van der Waals surface area contributed by atoms with Gasteiger partial charge < -0.3 is 14.1 Å². The van der Waals surface area contributed by atoms with Gasteiger partial charge in [-0.05, 0) is 42.7 Å². The Labute approximate surface area is 216 Å². The molecule has 1 aromatic heterocycles. The fourth-order valence-electron chi connectivity index (χ4n) is 5.11. The van der Waals surface area contributed by atoms with Gasteiger partial charge in [-0.3, -0.25) is 9.79 Å². The topological polar surface area (TPSA) is 55.0 Å². The van der Waals surface area contributed by atoms with Gasteiger partial charge in [0.15, 0.2) is 5.43 Å². The third-order valence-corrected chi connectivity index (χ3v) is 6.91. The minimum atomic E-state index is -0.439. The van der Waals surface area contributed by atoms with Gasteiger partial charge >= 0.3 is 0 Å². The van der Waals surface area contributed by atoms with Gasteiger partial charge in [0, 0.05) is 30.2 Å². The first-order chi connectivity index (χ1) is 17.9. The van der Waals surface area contributed by atoms with E-state index in [1.165, 1.54) is 23.8 Å². The van der Waals surface area contributed by atoms with Crippen molar-refractivity contribution in [3.8, 4) is 5.75 Å². The fourth-order valence-corrected chi connectivity index (χ4v) is 5.11. The van der Waals surface area contributed by atoms with Gasteiger partial charge in [-0.25, -0.2) is 4.39 Å². The van der Waals surface area contributed by atoms with Crippen molar-refractivity contribution in [3.05, 3.63) is 111 Å². The van der Waals surface area contributed by atoms with Crippen LogP contribution in [0.2, 0.25) is 0 Å². The van der Waals surface area contributed by atoms with E-state index >= 15 is 0 Å². The van der Waals surface area contributed by atoms with Crippen LogP contribution in [0.15, 0.2) is 80.9 Å². The molecule has 190 valence electrons. The lowest BCUT2D eigenvalue weighted by Gasteiger charge is -2.34. The summed E-state index contributed by atoms with van der Waals surface area (Å²) in [7, 11) is 1.62. The summed E-state index contributed by atoms with van der Waals surface area (Å²) in [6.45, 7) is 7.64. The number of aliphatic imine (C=N–C) groups is 1. The summed E-state index contributed by atoms with van der Waals surface area (Å²) in [6.07, 6.45) is 0.371. The molecule has 2 heterocycles.